The van der Waals surface area contributed by atoms with E-state index in [-0.39, 0.29) is 11.8 Å². The van der Waals surface area contributed by atoms with Gasteiger partial charge in [0.05, 0.1) is 6.04 Å². The number of piperazine rings is 1. The van der Waals surface area contributed by atoms with Crippen molar-refractivity contribution in [3.63, 3.8) is 0 Å². The molecule has 1 aliphatic rings. The van der Waals surface area contributed by atoms with E-state index in [1.165, 1.54) is 0 Å². The maximum atomic E-state index is 10.5. The highest BCUT2D eigenvalue weighted by molar-refractivity contribution is 5.61. The molecule has 0 aliphatic carbocycles. The molecule has 86 valence electrons. The lowest BCUT2D eigenvalue weighted by Crippen LogP contribution is -2.43. The van der Waals surface area contributed by atoms with Gasteiger partial charge < -0.3 is 20.5 Å². The van der Waals surface area contributed by atoms with Gasteiger partial charge in [0.1, 0.15) is 5.69 Å². The minimum Gasteiger partial charge on any atom is -0.449 e. The second-order valence-electron chi connectivity index (χ2n) is 3.47. The van der Waals surface area contributed by atoms with Crippen LogP contribution in [0.4, 0.5) is 4.79 Å². The van der Waals surface area contributed by atoms with Crippen molar-refractivity contribution in [1.29, 1.82) is 0 Å². The summed E-state index contributed by atoms with van der Waals surface area (Å²) in [5.41, 5.74) is 0.622. The van der Waals surface area contributed by atoms with Gasteiger partial charge in [-0.05, 0) is 12.1 Å². The van der Waals surface area contributed by atoms with Crippen molar-refractivity contribution in [3.8, 4) is 5.75 Å². The fourth-order valence-electron chi connectivity index (χ4n) is 1.69. The van der Waals surface area contributed by atoms with E-state index in [0.29, 0.717) is 12.2 Å². The lowest BCUT2D eigenvalue weighted by Gasteiger charge is -2.24. The van der Waals surface area contributed by atoms with Crippen LogP contribution in [0.1, 0.15) is 11.7 Å². The highest BCUT2D eigenvalue weighted by Gasteiger charge is 2.20. The fourth-order valence-corrected chi connectivity index (χ4v) is 1.69. The van der Waals surface area contributed by atoms with E-state index in [2.05, 4.69) is 20.4 Å². The lowest BCUT2D eigenvalue weighted by molar-refractivity contribution is 0.143. The van der Waals surface area contributed by atoms with Gasteiger partial charge in [0.25, 0.3) is 0 Å². The summed E-state index contributed by atoms with van der Waals surface area (Å²) in [6, 6.07) is 3.24. The van der Waals surface area contributed by atoms with Crippen LogP contribution in [0.5, 0.6) is 5.75 Å². The van der Waals surface area contributed by atoms with Crippen molar-refractivity contribution in [2.75, 3.05) is 19.6 Å². The molecule has 0 aromatic carbocycles. The third kappa shape index (κ3) is 2.47. The maximum Gasteiger partial charge on any atom is 0.511 e. The zero-order chi connectivity index (χ0) is 11.4. The summed E-state index contributed by atoms with van der Waals surface area (Å²) < 4.78 is 4.68. The van der Waals surface area contributed by atoms with E-state index in [0.717, 1.165) is 13.1 Å². The molecule has 1 aliphatic heterocycles. The van der Waals surface area contributed by atoms with Crippen molar-refractivity contribution in [2.24, 2.45) is 0 Å². The van der Waals surface area contributed by atoms with E-state index >= 15 is 0 Å². The van der Waals surface area contributed by atoms with E-state index in [1.807, 2.05) is 0 Å². The molecule has 6 nitrogen and oxygen atoms in total. The monoisotopic (exact) mass is 223 g/mol. The van der Waals surface area contributed by atoms with Crippen molar-refractivity contribution in [2.45, 2.75) is 6.04 Å². The number of rotatable bonds is 2. The van der Waals surface area contributed by atoms with Gasteiger partial charge in [-0.1, -0.05) is 0 Å². The Bertz CT molecular complexity index is 377. The highest BCUT2D eigenvalue weighted by Crippen LogP contribution is 2.23. The fraction of sp³-hybridized carbons (Fsp3) is 0.400. The summed E-state index contributed by atoms with van der Waals surface area (Å²) in [6.07, 6.45) is 0.304. The van der Waals surface area contributed by atoms with Gasteiger partial charge in [0.2, 0.25) is 0 Å². The standard InChI is InChI=1S/C10H13N3O3/c14-10(15)16-8-2-1-3-13-9(8)7-6-11-4-5-12-7/h1-3,7,11-12H,4-6H2,(H,14,15). The Morgan fingerprint density at radius 1 is 1.56 bits per heavy atom. The summed E-state index contributed by atoms with van der Waals surface area (Å²) in [7, 11) is 0. The highest BCUT2D eigenvalue weighted by atomic mass is 16.7. The minimum atomic E-state index is -1.32. The first-order chi connectivity index (χ1) is 7.77. The molecule has 1 atom stereocenters. The molecule has 6 heteroatoms. The third-order valence-corrected chi connectivity index (χ3v) is 2.37. The number of pyridine rings is 1. The number of nitrogens with zero attached hydrogens (tertiary/aromatic N) is 1. The van der Waals surface area contributed by atoms with Gasteiger partial charge in [0, 0.05) is 25.8 Å². The predicted molar refractivity (Wildman–Crippen MR) is 56.5 cm³/mol. The van der Waals surface area contributed by atoms with Crippen LogP contribution >= 0.6 is 0 Å². The van der Waals surface area contributed by atoms with Crippen LogP contribution in [0.3, 0.4) is 0 Å². The molecule has 0 spiro atoms. The molecule has 1 aromatic rings. The van der Waals surface area contributed by atoms with E-state index in [4.69, 9.17) is 5.11 Å². The molecule has 3 N–H and O–H groups in total. The van der Waals surface area contributed by atoms with E-state index in [9.17, 15) is 4.79 Å². The van der Waals surface area contributed by atoms with Crippen LogP contribution in [0.25, 0.3) is 0 Å². The molecule has 1 fully saturated rings. The van der Waals surface area contributed by atoms with Crippen molar-refractivity contribution in [1.82, 2.24) is 15.6 Å². The summed E-state index contributed by atoms with van der Waals surface area (Å²) in [6.45, 7) is 2.44. The van der Waals surface area contributed by atoms with Gasteiger partial charge in [-0.25, -0.2) is 4.79 Å². The molecule has 0 saturated carbocycles. The van der Waals surface area contributed by atoms with Crippen LogP contribution in [0, 0.1) is 0 Å². The van der Waals surface area contributed by atoms with Gasteiger partial charge in [0.15, 0.2) is 5.75 Å². The molecule has 16 heavy (non-hydrogen) atoms. The Labute approximate surface area is 92.6 Å². The van der Waals surface area contributed by atoms with Crippen LogP contribution in [0.15, 0.2) is 18.3 Å². The van der Waals surface area contributed by atoms with E-state index in [1.54, 1.807) is 18.3 Å². The van der Waals surface area contributed by atoms with Crippen molar-refractivity contribution >= 4 is 6.16 Å². The molecular formula is C10H13N3O3. The molecule has 1 saturated heterocycles. The predicted octanol–water partition coefficient (Wildman–Crippen LogP) is 0.372. The number of hydrogen-bond donors (Lipinski definition) is 3. The SMILES string of the molecule is O=C(O)Oc1cccnc1C1CNCCN1. The lowest BCUT2D eigenvalue weighted by atomic mass is 10.1. The number of hydrogen-bond acceptors (Lipinski definition) is 5. The average molecular weight is 223 g/mol. The maximum absolute atomic E-state index is 10.5. The summed E-state index contributed by atoms with van der Waals surface area (Å²) in [5, 5.41) is 15.1. The zero-order valence-electron chi connectivity index (χ0n) is 8.64. The molecule has 2 heterocycles. The van der Waals surface area contributed by atoms with Crippen LogP contribution in [0.2, 0.25) is 0 Å². The van der Waals surface area contributed by atoms with Crippen molar-refractivity contribution < 1.29 is 14.6 Å². The second kappa shape index (κ2) is 4.91. The average Bonchev–Trinajstić information content (AvgIpc) is 2.30. The Kier molecular flexibility index (Phi) is 3.33. The Hall–Kier alpha value is -1.66. The van der Waals surface area contributed by atoms with Gasteiger partial charge >= 0.3 is 6.16 Å². The summed E-state index contributed by atoms with van der Waals surface area (Å²) >= 11 is 0. The molecular weight excluding hydrogens is 210 g/mol. The zero-order valence-corrected chi connectivity index (χ0v) is 8.64. The number of carboxylic acid groups (broad SMARTS) is 1. The molecule has 1 aromatic heterocycles. The van der Waals surface area contributed by atoms with Crippen LogP contribution in [-0.4, -0.2) is 35.9 Å². The molecule has 0 bridgehead atoms. The smallest absolute Gasteiger partial charge is 0.449 e. The van der Waals surface area contributed by atoms with Gasteiger partial charge in [-0.15, -0.1) is 0 Å². The molecule has 2 rings (SSSR count). The van der Waals surface area contributed by atoms with Crippen LogP contribution < -0.4 is 15.4 Å². The molecule has 0 amide bonds. The Morgan fingerprint density at radius 2 is 2.44 bits per heavy atom. The number of carbonyl (C=O) groups is 1. The van der Waals surface area contributed by atoms with Gasteiger partial charge in [-0.3, -0.25) is 4.98 Å². The third-order valence-electron chi connectivity index (χ3n) is 2.37. The Morgan fingerprint density at radius 3 is 3.12 bits per heavy atom. The number of ether oxygens (including phenoxy) is 1. The summed E-state index contributed by atoms with van der Waals surface area (Å²) in [4.78, 5) is 14.7. The minimum absolute atomic E-state index is 0.00991. The molecule has 0 radical (unpaired) electrons. The van der Waals surface area contributed by atoms with Crippen LogP contribution in [-0.2, 0) is 0 Å². The number of nitrogens with one attached hydrogen (secondary N) is 2. The second-order valence-corrected chi connectivity index (χ2v) is 3.47. The van der Waals surface area contributed by atoms with Gasteiger partial charge in [-0.2, -0.15) is 0 Å². The number of aromatic nitrogens is 1. The normalized spacial score (nSPS) is 20.4. The largest absolute Gasteiger partial charge is 0.511 e. The summed E-state index contributed by atoms with van der Waals surface area (Å²) in [5.74, 6) is 0.288. The Balaban J connectivity index is 2.20. The first kappa shape index (κ1) is 10.8. The first-order valence-corrected chi connectivity index (χ1v) is 5.07. The van der Waals surface area contributed by atoms with E-state index < -0.39 is 6.16 Å². The van der Waals surface area contributed by atoms with Crippen molar-refractivity contribution in [3.05, 3.63) is 24.0 Å². The molecule has 1 unspecified atom stereocenters. The topological polar surface area (TPSA) is 83.5 Å². The first-order valence-electron chi connectivity index (χ1n) is 5.07. The quantitative estimate of drug-likeness (QED) is 0.628.